The molecule has 2 fully saturated rings. The van der Waals surface area contributed by atoms with E-state index < -0.39 is 0 Å². The molecule has 0 unspecified atom stereocenters. The molecule has 2 saturated carbocycles. The normalized spacial score (nSPS) is 23.3. The molecular weight excluding hydrogens is 220 g/mol. The third kappa shape index (κ3) is 5.71. The summed E-state index contributed by atoms with van der Waals surface area (Å²) in [7, 11) is 0. The van der Waals surface area contributed by atoms with Gasteiger partial charge in [-0.15, -0.1) is 0 Å². The van der Waals surface area contributed by atoms with Crippen molar-refractivity contribution in [3.05, 3.63) is 0 Å². The van der Waals surface area contributed by atoms with Gasteiger partial charge in [0.05, 0.1) is 0 Å². The highest BCUT2D eigenvalue weighted by molar-refractivity contribution is 4.70. The highest BCUT2D eigenvalue weighted by atomic mass is 14.9. The molecule has 2 heteroatoms. The van der Waals surface area contributed by atoms with E-state index in [4.69, 9.17) is 0 Å². The Morgan fingerprint density at radius 3 is 1.33 bits per heavy atom. The lowest BCUT2D eigenvalue weighted by molar-refractivity contribution is 0.331. The van der Waals surface area contributed by atoms with Crippen molar-refractivity contribution < 1.29 is 0 Å². The van der Waals surface area contributed by atoms with E-state index in [0.717, 1.165) is 24.9 Å². The number of rotatable bonds is 7. The van der Waals surface area contributed by atoms with Gasteiger partial charge in [-0.3, -0.25) is 0 Å². The SMILES string of the molecule is C1CCC(CNCCNCC2CCCCC2)CC1. The van der Waals surface area contributed by atoms with Crippen LogP contribution in [0.2, 0.25) is 0 Å². The summed E-state index contributed by atoms with van der Waals surface area (Å²) in [6.45, 7) is 4.82. The lowest BCUT2D eigenvalue weighted by Crippen LogP contribution is -2.33. The molecule has 18 heavy (non-hydrogen) atoms. The minimum atomic E-state index is 0.970. The molecule has 0 atom stereocenters. The molecule has 0 aromatic carbocycles. The number of nitrogens with one attached hydrogen (secondary N) is 2. The first kappa shape index (κ1) is 14.3. The van der Waals surface area contributed by atoms with Crippen molar-refractivity contribution in [3.63, 3.8) is 0 Å². The van der Waals surface area contributed by atoms with Crippen LogP contribution >= 0.6 is 0 Å². The molecule has 0 aromatic heterocycles. The van der Waals surface area contributed by atoms with Gasteiger partial charge in [0, 0.05) is 13.1 Å². The van der Waals surface area contributed by atoms with E-state index in [1.54, 1.807) is 0 Å². The summed E-state index contributed by atoms with van der Waals surface area (Å²) in [5.41, 5.74) is 0. The zero-order valence-corrected chi connectivity index (χ0v) is 12.1. The average molecular weight is 252 g/mol. The highest BCUT2D eigenvalue weighted by Gasteiger charge is 2.13. The van der Waals surface area contributed by atoms with E-state index in [9.17, 15) is 0 Å². The topological polar surface area (TPSA) is 24.1 Å². The van der Waals surface area contributed by atoms with Crippen molar-refractivity contribution in [2.24, 2.45) is 11.8 Å². The molecule has 0 aromatic rings. The van der Waals surface area contributed by atoms with Crippen LogP contribution in [0.5, 0.6) is 0 Å². The lowest BCUT2D eigenvalue weighted by atomic mass is 9.89. The van der Waals surface area contributed by atoms with E-state index in [-0.39, 0.29) is 0 Å². The Labute approximate surface area is 113 Å². The van der Waals surface area contributed by atoms with Gasteiger partial charge < -0.3 is 10.6 Å². The van der Waals surface area contributed by atoms with Crippen LogP contribution in [0, 0.1) is 11.8 Å². The van der Waals surface area contributed by atoms with Crippen LogP contribution in [0.3, 0.4) is 0 Å². The smallest absolute Gasteiger partial charge is 0.00768 e. The summed E-state index contributed by atoms with van der Waals surface area (Å²) in [6, 6.07) is 0. The first-order valence-corrected chi connectivity index (χ1v) is 8.36. The molecule has 0 saturated heterocycles. The Hall–Kier alpha value is -0.0800. The van der Waals surface area contributed by atoms with Crippen molar-refractivity contribution >= 4 is 0 Å². The summed E-state index contributed by atoms with van der Waals surface area (Å²) < 4.78 is 0. The van der Waals surface area contributed by atoms with Crippen LogP contribution in [0.25, 0.3) is 0 Å². The fourth-order valence-electron chi connectivity index (χ4n) is 3.57. The zero-order chi connectivity index (χ0) is 12.5. The second-order valence-corrected chi connectivity index (χ2v) is 6.42. The minimum absolute atomic E-state index is 0.970. The predicted octanol–water partition coefficient (Wildman–Crippen LogP) is 3.33. The molecule has 2 aliphatic rings. The van der Waals surface area contributed by atoms with E-state index >= 15 is 0 Å². The first-order valence-electron chi connectivity index (χ1n) is 8.36. The van der Waals surface area contributed by atoms with Gasteiger partial charge in [0.2, 0.25) is 0 Å². The van der Waals surface area contributed by atoms with Crippen LogP contribution in [-0.2, 0) is 0 Å². The predicted molar refractivity (Wildman–Crippen MR) is 78.9 cm³/mol. The Balaban J connectivity index is 1.39. The molecule has 0 amide bonds. The van der Waals surface area contributed by atoms with Gasteiger partial charge in [0.1, 0.15) is 0 Å². The summed E-state index contributed by atoms with van der Waals surface area (Å²) in [4.78, 5) is 0. The Morgan fingerprint density at radius 2 is 0.944 bits per heavy atom. The largest absolute Gasteiger partial charge is 0.315 e. The van der Waals surface area contributed by atoms with Crippen molar-refractivity contribution in [3.8, 4) is 0 Å². The molecule has 2 aliphatic carbocycles. The summed E-state index contributed by atoms with van der Waals surface area (Å²) in [6.07, 6.45) is 14.6. The Morgan fingerprint density at radius 1 is 0.556 bits per heavy atom. The summed E-state index contributed by atoms with van der Waals surface area (Å²) in [5.74, 6) is 1.94. The van der Waals surface area contributed by atoms with E-state index in [0.29, 0.717) is 0 Å². The van der Waals surface area contributed by atoms with Crippen LogP contribution in [0.4, 0.5) is 0 Å². The standard InChI is InChI=1S/C16H32N2/c1-3-7-15(8-4-1)13-17-11-12-18-14-16-9-5-2-6-10-16/h15-18H,1-14H2. The molecule has 0 aliphatic heterocycles. The van der Waals surface area contributed by atoms with Gasteiger partial charge in [0.25, 0.3) is 0 Å². The molecular formula is C16H32N2. The highest BCUT2D eigenvalue weighted by Crippen LogP contribution is 2.23. The van der Waals surface area contributed by atoms with Crippen LogP contribution in [0.1, 0.15) is 64.2 Å². The minimum Gasteiger partial charge on any atom is -0.315 e. The van der Waals surface area contributed by atoms with Gasteiger partial charge in [-0.25, -0.2) is 0 Å². The molecule has 0 bridgehead atoms. The second kappa shape index (κ2) is 8.92. The van der Waals surface area contributed by atoms with Gasteiger partial charge >= 0.3 is 0 Å². The first-order chi connectivity index (χ1) is 8.95. The maximum atomic E-state index is 3.63. The fourth-order valence-corrected chi connectivity index (χ4v) is 3.57. The zero-order valence-electron chi connectivity index (χ0n) is 12.1. The van der Waals surface area contributed by atoms with Gasteiger partial charge in [-0.05, 0) is 50.6 Å². The van der Waals surface area contributed by atoms with Crippen LogP contribution in [-0.4, -0.2) is 26.2 Å². The molecule has 2 rings (SSSR count). The second-order valence-electron chi connectivity index (χ2n) is 6.42. The molecule has 0 heterocycles. The van der Waals surface area contributed by atoms with E-state index in [2.05, 4.69) is 10.6 Å². The lowest BCUT2D eigenvalue weighted by Gasteiger charge is -2.23. The van der Waals surface area contributed by atoms with Crippen molar-refractivity contribution in [2.75, 3.05) is 26.2 Å². The fraction of sp³-hybridized carbons (Fsp3) is 1.00. The van der Waals surface area contributed by atoms with Crippen LogP contribution in [0.15, 0.2) is 0 Å². The van der Waals surface area contributed by atoms with E-state index in [1.807, 2.05) is 0 Å². The molecule has 0 radical (unpaired) electrons. The monoisotopic (exact) mass is 252 g/mol. The van der Waals surface area contributed by atoms with Gasteiger partial charge in [-0.1, -0.05) is 38.5 Å². The van der Waals surface area contributed by atoms with Crippen LogP contribution < -0.4 is 10.6 Å². The Kier molecular flexibility index (Phi) is 7.11. The van der Waals surface area contributed by atoms with Crippen molar-refractivity contribution in [1.82, 2.24) is 10.6 Å². The molecule has 106 valence electrons. The maximum absolute atomic E-state index is 3.63. The van der Waals surface area contributed by atoms with Crippen molar-refractivity contribution in [2.45, 2.75) is 64.2 Å². The summed E-state index contributed by atoms with van der Waals surface area (Å²) in [5, 5.41) is 7.26. The molecule has 0 spiro atoms. The van der Waals surface area contributed by atoms with Gasteiger partial charge in [-0.2, -0.15) is 0 Å². The van der Waals surface area contributed by atoms with Crippen molar-refractivity contribution in [1.29, 1.82) is 0 Å². The third-order valence-electron chi connectivity index (χ3n) is 4.79. The third-order valence-corrected chi connectivity index (χ3v) is 4.79. The van der Waals surface area contributed by atoms with Gasteiger partial charge in [0.15, 0.2) is 0 Å². The molecule has 2 nitrogen and oxygen atoms in total. The summed E-state index contributed by atoms with van der Waals surface area (Å²) >= 11 is 0. The average Bonchev–Trinajstić information content (AvgIpc) is 2.45. The quantitative estimate of drug-likeness (QED) is 0.679. The molecule has 2 N–H and O–H groups in total. The van der Waals surface area contributed by atoms with E-state index in [1.165, 1.54) is 77.3 Å². The Bertz CT molecular complexity index is 171. The maximum Gasteiger partial charge on any atom is 0.00768 e. The number of hydrogen-bond acceptors (Lipinski definition) is 2. The number of hydrogen-bond donors (Lipinski definition) is 2.